The van der Waals surface area contributed by atoms with E-state index in [0.717, 1.165) is 22.3 Å². The molecule has 0 amide bonds. The molecule has 1 aromatic heterocycles. The second-order valence-electron chi connectivity index (χ2n) is 6.35. The zero-order chi connectivity index (χ0) is 18.7. The molecule has 0 unspecified atom stereocenters. The molecule has 0 spiro atoms. The fourth-order valence-corrected chi connectivity index (χ4v) is 2.89. The number of H-pyrrole nitrogens is 1. The lowest BCUT2D eigenvalue weighted by atomic mass is 10.1. The van der Waals surface area contributed by atoms with Crippen LogP contribution in [0.15, 0.2) is 59.4 Å². The summed E-state index contributed by atoms with van der Waals surface area (Å²) in [6.45, 7) is -0.373. The van der Waals surface area contributed by atoms with Gasteiger partial charge in [0.05, 0.1) is 12.7 Å². The maximum absolute atomic E-state index is 12.5. The number of aromatic nitrogens is 1. The van der Waals surface area contributed by atoms with Crippen LogP contribution in [0.3, 0.4) is 0 Å². The molecule has 0 aliphatic rings. The Morgan fingerprint density at radius 1 is 1.04 bits per heavy atom. The Morgan fingerprint density at radius 3 is 2.46 bits per heavy atom. The molecule has 0 saturated carbocycles. The van der Waals surface area contributed by atoms with Gasteiger partial charge in [-0.15, -0.1) is 0 Å². The van der Waals surface area contributed by atoms with Gasteiger partial charge in [-0.1, -0.05) is 36.4 Å². The molecule has 0 saturated heterocycles. The van der Waals surface area contributed by atoms with E-state index in [1.807, 2.05) is 48.5 Å². The first-order valence-corrected chi connectivity index (χ1v) is 8.40. The predicted molar refractivity (Wildman–Crippen MR) is 102 cm³/mol. The first kappa shape index (κ1) is 18.1. The number of hydrogen-bond donors (Lipinski definition) is 4. The molecular formula is C20H22N2O4. The molecule has 0 aliphatic carbocycles. The van der Waals surface area contributed by atoms with Gasteiger partial charge < -0.3 is 25.2 Å². The number of likely N-dealkylation sites (N-methyl/N-ethyl adjacent to an activating group) is 1. The number of benzene rings is 2. The van der Waals surface area contributed by atoms with E-state index in [4.69, 9.17) is 5.11 Å². The third kappa shape index (κ3) is 3.77. The highest BCUT2D eigenvalue weighted by atomic mass is 16.4. The van der Waals surface area contributed by atoms with Crippen molar-refractivity contribution in [1.29, 1.82) is 0 Å². The predicted octanol–water partition coefficient (Wildman–Crippen LogP) is 1.35. The Labute approximate surface area is 151 Å². The minimum atomic E-state index is -1.20. The Kier molecular flexibility index (Phi) is 5.37. The van der Waals surface area contributed by atoms with Crippen LogP contribution in [-0.2, 0) is 0 Å². The summed E-state index contributed by atoms with van der Waals surface area (Å²) in [5, 5.41) is 29.6. The number of nitrogens with zero attached hydrogens (tertiary/aromatic N) is 1. The minimum Gasteiger partial charge on any atom is -0.394 e. The molecule has 3 aromatic rings. The summed E-state index contributed by atoms with van der Waals surface area (Å²) in [7, 11) is 1.75. The number of pyridine rings is 1. The van der Waals surface area contributed by atoms with Crippen molar-refractivity contribution in [2.75, 3.05) is 25.1 Å². The van der Waals surface area contributed by atoms with Crippen molar-refractivity contribution in [2.24, 2.45) is 0 Å². The number of fused-ring (bicyclic) bond motifs is 1. The van der Waals surface area contributed by atoms with Crippen LogP contribution in [-0.4, -0.2) is 52.7 Å². The number of aromatic amines is 1. The highest BCUT2D eigenvalue weighted by Gasteiger charge is 2.17. The van der Waals surface area contributed by atoms with Gasteiger partial charge in [0.2, 0.25) is 0 Å². The van der Waals surface area contributed by atoms with Gasteiger partial charge >= 0.3 is 0 Å². The lowest BCUT2D eigenvalue weighted by Crippen LogP contribution is -2.39. The monoisotopic (exact) mass is 354 g/mol. The van der Waals surface area contributed by atoms with E-state index in [1.54, 1.807) is 18.0 Å². The highest BCUT2D eigenvalue weighted by Crippen LogP contribution is 2.23. The maximum Gasteiger partial charge on any atom is 0.256 e. The van der Waals surface area contributed by atoms with Crippen molar-refractivity contribution in [2.45, 2.75) is 12.2 Å². The minimum absolute atomic E-state index is 0.132. The zero-order valence-electron chi connectivity index (χ0n) is 14.5. The summed E-state index contributed by atoms with van der Waals surface area (Å²) >= 11 is 0. The third-order valence-electron chi connectivity index (χ3n) is 4.45. The largest absolute Gasteiger partial charge is 0.394 e. The Morgan fingerprint density at radius 2 is 1.77 bits per heavy atom. The molecule has 0 aliphatic heterocycles. The van der Waals surface area contributed by atoms with E-state index in [1.165, 1.54) is 0 Å². The average molecular weight is 354 g/mol. The molecule has 2 aromatic carbocycles. The Bertz CT molecular complexity index is 939. The fraction of sp³-hybridized carbons (Fsp3) is 0.250. The van der Waals surface area contributed by atoms with Crippen molar-refractivity contribution >= 4 is 16.5 Å². The van der Waals surface area contributed by atoms with Crippen LogP contribution in [0.1, 0.15) is 0 Å². The summed E-state index contributed by atoms with van der Waals surface area (Å²) in [4.78, 5) is 17.2. The van der Waals surface area contributed by atoms with Gasteiger partial charge in [-0.3, -0.25) is 4.79 Å². The van der Waals surface area contributed by atoms with Crippen LogP contribution in [0.4, 0.5) is 5.69 Å². The van der Waals surface area contributed by atoms with Crippen molar-refractivity contribution in [3.05, 3.63) is 65.0 Å². The Balaban J connectivity index is 1.92. The number of aliphatic hydroxyl groups is 3. The van der Waals surface area contributed by atoms with Crippen molar-refractivity contribution in [1.82, 2.24) is 4.98 Å². The average Bonchev–Trinajstić information content (AvgIpc) is 2.67. The molecule has 136 valence electrons. The smallest absolute Gasteiger partial charge is 0.256 e. The number of anilines is 1. The molecule has 3 rings (SSSR count). The zero-order valence-corrected chi connectivity index (χ0v) is 14.5. The van der Waals surface area contributed by atoms with Crippen LogP contribution in [0.25, 0.3) is 22.0 Å². The number of rotatable bonds is 6. The van der Waals surface area contributed by atoms with E-state index >= 15 is 0 Å². The molecule has 4 N–H and O–H groups in total. The number of aliphatic hydroxyl groups excluding tert-OH is 3. The summed E-state index contributed by atoms with van der Waals surface area (Å²) in [6.07, 6.45) is -2.28. The molecule has 0 bridgehead atoms. The van der Waals surface area contributed by atoms with Crippen LogP contribution in [0.5, 0.6) is 0 Å². The second-order valence-corrected chi connectivity index (χ2v) is 6.35. The molecule has 6 heteroatoms. The lowest BCUT2D eigenvalue weighted by Gasteiger charge is -2.25. The van der Waals surface area contributed by atoms with Gasteiger partial charge in [0.1, 0.15) is 6.10 Å². The molecule has 6 nitrogen and oxygen atoms in total. The van der Waals surface area contributed by atoms with Gasteiger partial charge in [-0.25, -0.2) is 0 Å². The number of nitrogens with one attached hydrogen (secondary N) is 1. The summed E-state index contributed by atoms with van der Waals surface area (Å²) in [6, 6.07) is 17.0. The molecule has 1 heterocycles. The quantitative estimate of drug-likeness (QED) is 0.536. The Hall–Kier alpha value is -2.67. The second kappa shape index (κ2) is 7.70. The first-order chi connectivity index (χ1) is 12.5. The standard InChI is InChI=1S/C20H22N2O4/c1-22(11-18(24)19(25)12-23)15-8-7-14-9-17(13-5-3-2-4-6-13)21-20(26)16(14)10-15/h2-10,18-19,23-25H,11-12H2,1H3,(H,21,26)/t18-,19+/m0/s1. The first-order valence-electron chi connectivity index (χ1n) is 8.40. The normalized spacial score (nSPS) is 13.5. The van der Waals surface area contributed by atoms with Crippen molar-refractivity contribution < 1.29 is 15.3 Å². The summed E-state index contributed by atoms with van der Waals surface area (Å²) in [5.74, 6) is 0. The molecule has 2 atom stereocenters. The highest BCUT2D eigenvalue weighted by molar-refractivity contribution is 5.87. The van der Waals surface area contributed by atoms with Gasteiger partial charge in [-0.05, 0) is 29.1 Å². The lowest BCUT2D eigenvalue weighted by molar-refractivity contribution is -0.00935. The van der Waals surface area contributed by atoms with Gasteiger partial charge in [0.25, 0.3) is 5.56 Å². The molecule has 0 fully saturated rings. The van der Waals surface area contributed by atoms with Crippen LogP contribution >= 0.6 is 0 Å². The van der Waals surface area contributed by atoms with Crippen molar-refractivity contribution in [3.63, 3.8) is 0 Å². The van der Waals surface area contributed by atoms with Gasteiger partial charge in [-0.2, -0.15) is 0 Å². The summed E-state index contributed by atoms with van der Waals surface area (Å²) < 4.78 is 0. The molecule has 26 heavy (non-hydrogen) atoms. The van der Waals surface area contributed by atoms with Crippen LogP contribution < -0.4 is 10.5 Å². The van der Waals surface area contributed by atoms with Gasteiger partial charge in [0, 0.05) is 30.4 Å². The van der Waals surface area contributed by atoms with E-state index < -0.39 is 18.8 Å². The SMILES string of the molecule is CN(C[C@H](O)[C@H](O)CO)c1ccc2cc(-c3ccccc3)[nH]c(=O)c2c1. The van der Waals surface area contributed by atoms with Gasteiger partial charge in [0.15, 0.2) is 0 Å². The van der Waals surface area contributed by atoms with Crippen LogP contribution in [0.2, 0.25) is 0 Å². The molecule has 0 radical (unpaired) electrons. The number of hydrogen-bond acceptors (Lipinski definition) is 5. The topological polar surface area (TPSA) is 96.8 Å². The summed E-state index contributed by atoms with van der Waals surface area (Å²) in [5.41, 5.74) is 2.24. The van der Waals surface area contributed by atoms with Crippen molar-refractivity contribution in [3.8, 4) is 11.3 Å². The van der Waals surface area contributed by atoms with E-state index in [-0.39, 0.29) is 12.1 Å². The van der Waals surface area contributed by atoms with E-state index in [2.05, 4.69) is 4.98 Å². The maximum atomic E-state index is 12.5. The third-order valence-corrected chi connectivity index (χ3v) is 4.45. The van der Waals surface area contributed by atoms with Crippen LogP contribution in [0, 0.1) is 0 Å². The fourth-order valence-electron chi connectivity index (χ4n) is 2.89. The van der Waals surface area contributed by atoms with E-state index in [9.17, 15) is 15.0 Å². The molecular weight excluding hydrogens is 332 g/mol. The van der Waals surface area contributed by atoms with E-state index in [0.29, 0.717) is 5.39 Å².